The minimum Gasteiger partial charge on any atom is -0.436 e. The van der Waals surface area contributed by atoms with Gasteiger partial charge in [0, 0.05) is 27.0 Å². The molecule has 0 fully saturated rings. The zero-order chi connectivity index (χ0) is 19.5. The Balaban J connectivity index is 1.46. The molecular weight excluding hydrogens is 368 g/mol. The fraction of sp³-hybridized carbons (Fsp3) is 0.130. The van der Waals surface area contributed by atoms with Crippen molar-refractivity contribution in [3.8, 4) is 11.5 Å². The zero-order valence-corrected chi connectivity index (χ0v) is 16.5. The first kappa shape index (κ1) is 18.3. The number of aromatic nitrogens is 1. The molecule has 0 unspecified atom stereocenters. The summed E-state index contributed by atoms with van der Waals surface area (Å²) < 4.78 is 5.78. The van der Waals surface area contributed by atoms with E-state index in [0.29, 0.717) is 16.7 Å². The molecule has 1 aromatic heterocycles. The number of anilines is 1. The first-order valence-corrected chi connectivity index (χ1v) is 10.0. The summed E-state index contributed by atoms with van der Waals surface area (Å²) >= 11 is 1.78. The maximum absolute atomic E-state index is 12.5. The number of nitrogens with zero attached hydrogens (tertiary/aromatic N) is 1. The lowest BCUT2D eigenvalue weighted by Gasteiger charge is -2.08. The second kappa shape index (κ2) is 7.90. The Labute approximate surface area is 168 Å². The summed E-state index contributed by atoms with van der Waals surface area (Å²) in [5.74, 6) is 0.438. The lowest BCUT2D eigenvalue weighted by Crippen LogP contribution is -2.11. The zero-order valence-electron chi connectivity index (χ0n) is 15.7. The topological polar surface area (TPSA) is 55.1 Å². The summed E-state index contributed by atoms with van der Waals surface area (Å²) in [5.41, 5.74) is 3.81. The van der Waals surface area contributed by atoms with Gasteiger partial charge in [0.1, 0.15) is 5.52 Å². The number of rotatable bonds is 5. The van der Waals surface area contributed by atoms with E-state index in [0.717, 1.165) is 27.2 Å². The van der Waals surface area contributed by atoms with Gasteiger partial charge in [-0.2, -0.15) is 0 Å². The molecule has 3 aromatic carbocycles. The second-order valence-corrected chi connectivity index (χ2v) is 8.36. The van der Waals surface area contributed by atoms with E-state index >= 15 is 0 Å². The van der Waals surface area contributed by atoms with Gasteiger partial charge in [0.2, 0.25) is 5.89 Å². The summed E-state index contributed by atoms with van der Waals surface area (Å²) in [6, 6.07) is 22.8. The Hall–Kier alpha value is -3.05. The number of carbonyl (C=O) groups excluding carboxylic acids is 1. The third-order valence-electron chi connectivity index (χ3n) is 4.17. The van der Waals surface area contributed by atoms with E-state index in [1.54, 1.807) is 11.8 Å². The highest BCUT2D eigenvalue weighted by atomic mass is 32.2. The van der Waals surface area contributed by atoms with Crippen LogP contribution in [0.25, 0.3) is 22.6 Å². The number of benzene rings is 3. The molecule has 4 rings (SSSR count). The monoisotopic (exact) mass is 388 g/mol. The van der Waals surface area contributed by atoms with Crippen LogP contribution in [-0.2, 0) is 0 Å². The molecule has 4 aromatic rings. The van der Waals surface area contributed by atoms with E-state index in [1.165, 1.54) is 0 Å². The standard InChI is InChI=1S/C23H20N2O2S/c1-15(2)28-19-13-9-16(10-14-19)22(26)24-18-11-7-17(8-12-18)23-25-20-5-3-4-6-21(20)27-23/h3-15H,1-2H3,(H,24,26). The van der Waals surface area contributed by atoms with Crippen LogP contribution in [0.1, 0.15) is 24.2 Å². The van der Waals surface area contributed by atoms with Gasteiger partial charge in [-0.25, -0.2) is 4.98 Å². The van der Waals surface area contributed by atoms with Crippen molar-refractivity contribution in [3.63, 3.8) is 0 Å². The molecule has 1 amide bonds. The Morgan fingerprint density at radius 3 is 2.36 bits per heavy atom. The molecule has 28 heavy (non-hydrogen) atoms. The van der Waals surface area contributed by atoms with E-state index in [9.17, 15) is 4.79 Å². The summed E-state index contributed by atoms with van der Waals surface area (Å²) in [7, 11) is 0. The molecule has 0 bridgehead atoms. The number of nitrogens with one attached hydrogen (secondary N) is 1. The third kappa shape index (κ3) is 4.10. The van der Waals surface area contributed by atoms with Crippen molar-refractivity contribution < 1.29 is 9.21 Å². The quantitative estimate of drug-likeness (QED) is 0.411. The fourth-order valence-electron chi connectivity index (χ4n) is 2.85. The molecule has 0 spiro atoms. The lowest BCUT2D eigenvalue weighted by molar-refractivity contribution is 0.102. The number of fused-ring (bicyclic) bond motifs is 1. The minimum atomic E-state index is -0.129. The van der Waals surface area contributed by atoms with Crippen LogP contribution < -0.4 is 5.32 Å². The second-order valence-electron chi connectivity index (χ2n) is 6.71. The number of hydrogen-bond donors (Lipinski definition) is 1. The number of hydrogen-bond acceptors (Lipinski definition) is 4. The van der Waals surface area contributed by atoms with Crippen molar-refractivity contribution in [2.75, 3.05) is 5.32 Å². The van der Waals surface area contributed by atoms with Crippen molar-refractivity contribution in [2.24, 2.45) is 0 Å². The molecule has 0 saturated heterocycles. The van der Waals surface area contributed by atoms with Crippen LogP contribution in [0.15, 0.2) is 82.1 Å². The molecule has 5 heteroatoms. The maximum Gasteiger partial charge on any atom is 0.255 e. The van der Waals surface area contributed by atoms with Crippen LogP contribution in [0.3, 0.4) is 0 Å². The van der Waals surface area contributed by atoms with Gasteiger partial charge < -0.3 is 9.73 Å². The van der Waals surface area contributed by atoms with Crippen LogP contribution >= 0.6 is 11.8 Å². The van der Waals surface area contributed by atoms with Gasteiger partial charge in [-0.3, -0.25) is 4.79 Å². The van der Waals surface area contributed by atoms with Gasteiger partial charge in [0.05, 0.1) is 0 Å². The van der Waals surface area contributed by atoms with Crippen molar-refractivity contribution in [1.29, 1.82) is 0 Å². The highest BCUT2D eigenvalue weighted by Crippen LogP contribution is 2.26. The normalized spacial score (nSPS) is 11.1. The molecule has 0 atom stereocenters. The predicted octanol–water partition coefficient (Wildman–Crippen LogP) is 6.25. The van der Waals surface area contributed by atoms with E-state index in [-0.39, 0.29) is 5.91 Å². The van der Waals surface area contributed by atoms with Gasteiger partial charge in [0.15, 0.2) is 5.58 Å². The SMILES string of the molecule is CC(C)Sc1ccc(C(=O)Nc2ccc(-c3nc4ccccc4o3)cc2)cc1. The van der Waals surface area contributed by atoms with Crippen molar-refractivity contribution in [1.82, 2.24) is 4.98 Å². The molecular formula is C23H20N2O2S. The highest BCUT2D eigenvalue weighted by Gasteiger charge is 2.10. The smallest absolute Gasteiger partial charge is 0.255 e. The molecule has 0 radical (unpaired) electrons. The third-order valence-corrected chi connectivity index (χ3v) is 5.19. The maximum atomic E-state index is 12.5. The van der Waals surface area contributed by atoms with Crippen LogP contribution in [0.2, 0.25) is 0 Å². The Morgan fingerprint density at radius 1 is 0.964 bits per heavy atom. The van der Waals surface area contributed by atoms with E-state index in [1.807, 2.05) is 72.8 Å². The van der Waals surface area contributed by atoms with Crippen LogP contribution in [0.4, 0.5) is 5.69 Å². The fourth-order valence-corrected chi connectivity index (χ4v) is 3.69. The van der Waals surface area contributed by atoms with Crippen molar-refractivity contribution in [3.05, 3.63) is 78.4 Å². The Bertz CT molecular complexity index is 1070. The summed E-state index contributed by atoms with van der Waals surface area (Å²) in [5, 5.41) is 3.44. The summed E-state index contributed by atoms with van der Waals surface area (Å²) in [6.07, 6.45) is 0. The van der Waals surface area contributed by atoms with Gasteiger partial charge in [-0.1, -0.05) is 26.0 Å². The van der Waals surface area contributed by atoms with E-state index < -0.39 is 0 Å². The minimum absolute atomic E-state index is 0.129. The number of oxazole rings is 1. The number of thioether (sulfide) groups is 1. The molecule has 0 aliphatic rings. The molecule has 0 saturated carbocycles. The predicted molar refractivity (Wildman–Crippen MR) is 115 cm³/mol. The van der Waals surface area contributed by atoms with Crippen molar-refractivity contribution >= 4 is 34.5 Å². The lowest BCUT2D eigenvalue weighted by atomic mass is 10.2. The number of amides is 1. The molecule has 0 aliphatic heterocycles. The molecule has 1 N–H and O–H groups in total. The van der Waals surface area contributed by atoms with Gasteiger partial charge in [-0.15, -0.1) is 11.8 Å². The molecule has 140 valence electrons. The summed E-state index contributed by atoms with van der Waals surface area (Å²) in [4.78, 5) is 18.1. The van der Waals surface area contributed by atoms with Gasteiger partial charge in [0.25, 0.3) is 5.91 Å². The Kier molecular flexibility index (Phi) is 5.17. The van der Waals surface area contributed by atoms with E-state index in [2.05, 4.69) is 24.1 Å². The largest absolute Gasteiger partial charge is 0.436 e. The number of para-hydroxylation sites is 2. The molecule has 4 nitrogen and oxygen atoms in total. The van der Waals surface area contributed by atoms with Gasteiger partial charge in [-0.05, 0) is 60.7 Å². The number of carbonyl (C=O) groups is 1. The van der Waals surface area contributed by atoms with E-state index in [4.69, 9.17) is 4.42 Å². The molecule has 1 heterocycles. The first-order chi connectivity index (χ1) is 13.6. The Morgan fingerprint density at radius 2 is 1.68 bits per heavy atom. The average Bonchev–Trinajstić information content (AvgIpc) is 3.13. The van der Waals surface area contributed by atoms with Gasteiger partial charge >= 0.3 is 0 Å². The van der Waals surface area contributed by atoms with Crippen LogP contribution in [0.5, 0.6) is 0 Å². The van der Waals surface area contributed by atoms with Crippen LogP contribution in [0, 0.1) is 0 Å². The van der Waals surface area contributed by atoms with Crippen molar-refractivity contribution in [2.45, 2.75) is 24.0 Å². The highest BCUT2D eigenvalue weighted by molar-refractivity contribution is 7.99. The molecule has 0 aliphatic carbocycles. The first-order valence-electron chi connectivity index (χ1n) is 9.12. The summed E-state index contributed by atoms with van der Waals surface area (Å²) in [6.45, 7) is 4.30. The average molecular weight is 388 g/mol. The van der Waals surface area contributed by atoms with Crippen LogP contribution in [-0.4, -0.2) is 16.1 Å².